The van der Waals surface area contributed by atoms with Crippen molar-refractivity contribution in [2.24, 2.45) is 5.92 Å². The third kappa shape index (κ3) is 3.86. The number of carbonyl (C=O) groups is 1. The van der Waals surface area contributed by atoms with E-state index >= 15 is 0 Å². The van der Waals surface area contributed by atoms with Gasteiger partial charge in [-0.3, -0.25) is 0 Å². The SMILES string of the molecule is CN(C)C(=O)N1CCC2(CC1)OCCC2CCOc1ncccc1F. The largest absolute Gasteiger partial charge is 0.476 e. The molecule has 0 aliphatic carbocycles. The Kier molecular flexibility index (Phi) is 5.42. The summed E-state index contributed by atoms with van der Waals surface area (Å²) in [5, 5.41) is 0. The summed E-state index contributed by atoms with van der Waals surface area (Å²) < 4.78 is 25.2. The van der Waals surface area contributed by atoms with E-state index < -0.39 is 5.82 Å². The van der Waals surface area contributed by atoms with Crippen molar-refractivity contribution < 1.29 is 18.7 Å². The molecule has 3 rings (SSSR count). The van der Waals surface area contributed by atoms with Gasteiger partial charge in [-0.1, -0.05) is 0 Å². The number of urea groups is 1. The topological polar surface area (TPSA) is 54.9 Å². The summed E-state index contributed by atoms with van der Waals surface area (Å²) in [4.78, 5) is 19.5. The van der Waals surface area contributed by atoms with E-state index in [2.05, 4.69) is 4.98 Å². The molecule has 2 saturated heterocycles. The van der Waals surface area contributed by atoms with Crippen LogP contribution in [0.4, 0.5) is 9.18 Å². The van der Waals surface area contributed by atoms with Gasteiger partial charge in [0.1, 0.15) is 0 Å². The zero-order chi connectivity index (χ0) is 17.9. The van der Waals surface area contributed by atoms with Crippen LogP contribution in [-0.4, -0.2) is 66.8 Å². The third-order valence-corrected chi connectivity index (χ3v) is 5.29. The molecule has 1 atom stereocenters. The van der Waals surface area contributed by atoms with E-state index in [1.807, 2.05) is 4.90 Å². The second kappa shape index (κ2) is 7.56. The highest BCUT2D eigenvalue weighted by Crippen LogP contribution is 2.42. The average molecular weight is 351 g/mol. The summed E-state index contributed by atoms with van der Waals surface area (Å²) >= 11 is 0. The lowest BCUT2D eigenvalue weighted by Gasteiger charge is -2.42. The van der Waals surface area contributed by atoms with Crippen LogP contribution in [-0.2, 0) is 4.74 Å². The summed E-state index contributed by atoms with van der Waals surface area (Å²) in [6.07, 6.45) is 4.99. The first-order valence-corrected chi connectivity index (χ1v) is 8.85. The molecule has 6 nitrogen and oxygen atoms in total. The molecule has 2 fully saturated rings. The van der Waals surface area contributed by atoms with Gasteiger partial charge in [0.25, 0.3) is 0 Å². The highest BCUT2D eigenvalue weighted by Gasteiger charge is 2.46. The summed E-state index contributed by atoms with van der Waals surface area (Å²) in [5.41, 5.74) is -0.172. The fourth-order valence-corrected chi connectivity index (χ4v) is 3.88. The monoisotopic (exact) mass is 351 g/mol. The van der Waals surface area contributed by atoms with Gasteiger partial charge in [-0.05, 0) is 43.7 Å². The molecule has 1 spiro atoms. The molecule has 2 aliphatic rings. The minimum absolute atomic E-state index is 0.0540. The number of aromatic nitrogens is 1. The van der Waals surface area contributed by atoms with Gasteiger partial charge in [-0.25, -0.2) is 14.2 Å². The summed E-state index contributed by atoms with van der Waals surface area (Å²) in [6.45, 7) is 2.58. The average Bonchev–Trinajstić information content (AvgIpc) is 2.99. The number of piperidine rings is 1. The molecule has 0 radical (unpaired) electrons. The van der Waals surface area contributed by atoms with Crippen molar-refractivity contribution in [2.75, 3.05) is 40.4 Å². The number of hydrogen-bond donors (Lipinski definition) is 0. The Hall–Kier alpha value is -1.89. The molecule has 1 unspecified atom stereocenters. The van der Waals surface area contributed by atoms with Gasteiger partial charge in [0, 0.05) is 40.0 Å². The Morgan fingerprint density at radius 1 is 1.48 bits per heavy atom. The van der Waals surface area contributed by atoms with Gasteiger partial charge in [-0.2, -0.15) is 0 Å². The number of ether oxygens (including phenoxy) is 2. The van der Waals surface area contributed by atoms with Gasteiger partial charge in [0.05, 0.1) is 12.2 Å². The first-order valence-electron chi connectivity index (χ1n) is 8.85. The van der Waals surface area contributed by atoms with Gasteiger partial charge in [0.2, 0.25) is 5.88 Å². The van der Waals surface area contributed by atoms with Crippen LogP contribution in [0.15, 0.2) is 18.3 Å². The van der Waals surface area contributed by atoms with Crippen LogP contribution in [0.3, 0.4) is 0 Å². The molecule has 2 aliphatic heterocycles. The minimum Gasteiger partial charge on any atom is -0.476 e. The summed E-state index contributed by atoms with van der Waals surface area (Å²) in [6, 6.07) is 2.95. The zero-order valence-corrected chi connectivity index (χ0v) is 14.9. The van der Waals surface area contributed by atoms with E-state index in [1.54, 1.807) is 25.1 Å². The Morgan fingerprint density at radius 3 is 2.92 bits per heavy atom. The molecular weight excluding hydrogens is 325 g/mol. The van der Waals surface area contributed by atoms with E-state index in [0.717, 1.165) is 32.3 Å². The number of amides is 2. The second-order valence-electron chi connectivity index (χ2n) is 6.99. The number of carbonyl (C=O) groups excluding carboxylic acids is 1. The maximum absolute atomic E-state index is 13.6. The van der Waals surface area contributed by atoms with Gasteiger partial charge < -0.3 is 19.3 Å². The van der Waals surface area contributed by atoms with Crippen molar-refractivity contribution in [3.63, 3.8) is 0 Å². The van der Waals surface area contributed by atoms with Gasteiger partial charge in [-0.15, -0.1) is 0 Å². The van der Waals surface area contributed by atoms with Crippen LogP contribution in [0.25, 0.3) is 0 Å². The van der Waals surface area contributed by atoms with Crippen LogP contribution < -0.4 is 4.74 Å². The normalized spacial score (nSPS) is 22.2. The number of nitrogens with zero attached hydrogens (tertiary/aromatic N) is 3. The van der Waals surface area contributed by atoms with Gasteiger partial charge in [0.15, 0.2) is 5.82 Å². The van der Waals surface area contributed by atoms with E-state index in [1.165, 1.54) is 12.3 Å². The van der Waals surface area contributed by atoms with Crippen LogP contribution in [0.2, 0.25) is 0 Å². The number of halogens is 1. The van der Waals surface area contributed by atoms with Crippen molar-refractivity contribution in [1.29, 1.82) is 0 Å². The third-order valence-electron chi connectivity index (χ3n) is 5.29. The second-order valence-corrected chi connectivity index (χ2v) is 6.99. The van der Waals surface area contributed by atoms with Crippen LogP contribution in [0, 0.1) is 11.7 Å². The Balaban J connectivity index is 1.53. The number of pyridine rings is 1. The van der Waals surface area contributed by atoms with Crippen molar-refractivity contribution in [2.45, 2.75) is 31.3 Å². The fourth-order valence-electron chi connectivity index (χ4n) is 3.88. The Bertz CT molecular complexity index is 603. The fraction of sp³-hybridized carbons (Fsp3) is 0.667. The molecule has 0 aromatic carbocycles. The maximum atomic E-state index is 13.6. The summed E-state index contributed by atoms with van der Waals surface area (Å²) in [5.74, 6) is -0.00635. The number of hydrogen-bond acceptors (Lipinski definition) is 4. The van der Waals surface area contributed by atoms with Crippen molar-refractivity contribution in [1.82, 2.24) is 14.8 Å². The highest BCUT2D eigenvalue weighted by atomic mass is 19.1. The van der Waals surface area contributed by atoms with Crippen LogP contribution in [0.5, 0.6) is 5.88 Å². The van der Waals surface area contributed by atoms with Crippen molar-refractivity contribution >= 4 is 6.03 Å². The van der Waals surface area contributed by atoms with Gasteiger partial charge >= 0.3 is 6.03 Å². The lowest BCUT2D eigenvalue weighted by Crippen LogP contribution is -2.51. The summed E-state index contributed by atoms with van der Waals surface area (Å²) in [7, 11) is 3.55. The zero-order valence-electron chi connectivity index (χ0n) is 14.9. The predicted molar refractivity (Wildman–Crippen MR) is 91.0 cm³/mol. The van der Waals surface area contributed by atoms with E-state index in [9.17, 15) is 9.18 Å². The first-order chi connectivity index (χ1) is 12.0. The van der Waals surface area contributed by atoms with Crippen LogP contribution in [0.1, 0.15) is 25.7 Å². The molecular formula is C18H26FN3O3. The van der Waals surface area contributed by atoms with E-state index in [4.69, 9.17) is 9.47 Å². The molecule has 3 heterocycles. The predicted octanol–water partition coefficient (Wildman–Crippen LogP) is 2.54. The van der Waals surface area contributed by atoms with E-state index in [-0.39, 0.29) is 17.5 Å². The molecule has 2 amide bonds. The molecule has 0 N–H and O–H groups in total. The first kappa shape index (κ1) is 17.9. The number of rotatable bonds is 4. The molecule has 25 heavy (non-hydrogen) atoms. The van der Waals surface area contributed by atoms with Crippen molar-refractivity contribution in [3.05, 3.63) is 24.1 Å². The van der Waals surface area contributed by atoms with E-state index in [0.29, 0.717) is 25.6 Å². The molecule has 1 aromatic rings. The molecule has 7 heteroatoms. The smallest absolute Gasteiger partial charge is 0.319 e. The van der Waals surface area contributed by atoms with Crippen molar-refractivity contribution in [3.8, 4) is 5.88 Å². The Morgan fingerprint density at radius 2 is 2.24 bits per heavy atom. The maximum Gasteiger partial charge on any atom is 0.319 e. The molecule has 0 bridgehead atoms. The highest BCUT2D eigenvalue weighted by molar-refractivity contribution is 5.73. The molecule has 1 aromatic heterocycles. The van der Waals surface area contributed by atoms with Crippen LogP contribution >= 0.6 is 0 Å². The standard InChI is InChI=1S/C18H26FN3O3/c1-21(2)17(23)22-10-7-18(8-11-22)14(6-13-25-18)5-12-24-16-15(19)4-3-9-20-16/h3-4,9,14H,5-8,10-13H2,1-2H3. The Labute approximate surface area is 147 Å². The molecule has 0 saturated carbocycles. The lowest BCUT2D eigenvalue weighted by atomic mass is 9.78. The quantitative estimate of drug-likeness (QED) is 0.837. The molecule has 138 valence electrons. The minimum atomic E-state index is -0.435. The lowest BCUT2D eigenvalue weighted by molar-refractivity contribution is -0.0644. The number of likely N-dealkylation sites (tertiary alicyclic amines) is 1.